The molecule has 112 valence electrons. The van der Waals surface area contributed by atoms with Gasteiger partial charge < -0.3 is 20.6 Å². The summed E-state index contributed by atoms with van der Waals surface area (Å²) in [7, 11) is 0. The van der Waals surface area contributed by atoms with Crippen LogP contribution in [-0.4, -0.2) is 53.6 Å². The molecule has 0 bridgehead atoms. The Kier molecular flexibility index (Phi) is 4.15. The molecule has 3 amide bonds. The SMILES string of the molecule is CC1(C(=O)O)CCN(C(=O)NC2CCCNC2=O)CC1. The van der Waals surface area contributed by atoms with Gasteiger partial charge in [-0.3, -0.25) is 9.59 Å². The van der Waals surface area contributed by atoms with E-state index >= 15 is 0 Å². The van der Waals surface area contributed by atoms with Gasteiger partial charge in [-0.05, 0) is 32.6 Å². The van der Waals surface area contributed by atoms with Crippen LogP contribution in [0.1, 0.15) is 32.6 Å². The number of nitrogens with zero attached hydrogens (tertiary/aromatic N) is 1. The number of nitrogens with one attached hydrogen (secondary N) is 2. The number of aliphatic carboxylic acids is 1. The molecule has 0 aromatic heterocycles. The molecule has 2 aliphatic rings. The third-order valence-corrected chi connectivity index (χ3v) is 4.25. The van der Waals surface area contributed by atoms with Crippen molar-refractivity contribution < 1.29 is 19.5 Å². The fraction of sp³-hybridized carbons (Fsp3) is 0.769. The Bertz CT molecular complexity index is 416. The van der Waals surface area contributed by atoms with Gasteiger partial charge in [-0.25, -0.2) is 4.79 Å². The van der Waals surface area contributed by atoms with Crippen LogP contribution in [0.4, 0.5) is 4.79 Å². The van der Waals surface area contributed by atoms with Crippen molar-refractivity contribution in [3.05, 3.63) is 0 Å². The molecule has 2 heterocycles. The number of carboxylic acids is 1. The molecule has 7 heteroatoms. The molecule has 0 spiro atoms. The number of hydrogen-bond acceptors (Lipinski definition) is 3. The van der Waals surface area contributed by atoms with Crippen LogP contribution < -0.4 is 10.6 Å². The topological polar surface area (TPSA) is 98.7 Å². The summed E-state index contributed by atoms with van der Waals surface area (Å²) < 4.78 is 0. The van der Waals surface area contributed by atoms with E-state index in [1.54, 1.807) is 11.8 Å². The molecule has 2 saturated heterocycles. The van der Waals surface area contributed by atoms with Crippen molar-refractivity contribution in [1.82, 2.24) is 15.5 Å². The van der Waals surface area contributed by atoms with Crippen LogP contribution in [0.5, 0.6) is 0 Å². The van der Waals surface area contributed by atoms with E-state index in [9.17, 15) is 14.4 Å². The zero-order valence-corrected chi connectivity index (χ0v) is 11.6. The maximum Gasteiger partial charge on any atom is 0.318 e. The van der Waals surface area contributed by atoms with E-state index < -0.39 is 17.4 Å². The predicted molar refractivity (Wildman–Crippen MR) is 71.1 cm³/mol. The Balaban J connectivity index is 1.86. The van der Waals surface area contributed by atoms with Crippen molar-refractivity contribution in [2.75, 3.05) is 19.6 Å². The molecule has 0 saturated carbocycles. The first kappa shape index (κ1) is 14.6. The normalized spacial score (nSPS) is 25.8. The molecule has 7 nitrogen and oxygen atoms in total. The van der Waals surface area contributed by atoms with Crippen LogP contribution in [0.3, 0.4) is 0 Å². The average Bonchev–Trinajstić information content (AvgIpc) is 2.42. The van der Waals surface area contributed by atoms with Gasteiger partial charge in [0, 0.05) is 19.6 Å². The van der Waals surface area contributed by atoms with Crippen molar-refractivity contribution >= 4 is 17.9 Å². The van der Waals surface area contributed by atoms with Gasteiger partial charge in [0.2, 0.25) is 5.91 Å². The zero-order valence-electron chi connectivity index (χ0n) is 11.6. The quantitative estimate of drug-likeness (QED) is 0.672. The summed E-state index contributed by atoms with van der Waals surface area (Å²) in [4.78, 5) is 36.4. The fourth-order valence-corrected chi connectivity index (χ4v) is 2.57. The van der Waals surface area contributed by atoms with Gasteiger partial charge in [0.25, 0.3) is 0 Å². The first-order chi connectivity index (χ1) is 9.42. The molecule has 0 radical (unpaired) electrons. The highest BCUT2D eigenvalue weighted by Gasteiger charge is 2.38. The number of amides is 3. The molecule has 2 aliphatic heterocycles. The van der Waals surface area contributed by atoms with E-state index in [1.165, 1.54) is 0 Å². The summed E-state index contributed by atoms with van der Waals surface area (Å²) in [6.07, 6.45) is 2.38. The van der Waals surface area contributed by atoms with E-state index in [-0.39, 0.29) is 11.9 Å². The van der Waals surface area contributed by atoms with Crippen LogP contribution in [0.15, 0.2) is 0 Å². The number of carbonyl (C=O) groups is 3. The number of carboxylic acid groups (broad SMARTS) is 1. The number of piperidine rings is 2. The zero-order chi connectivity index (χ0) is 14.8. The highest BCUT2D eigenvalue weighted by Crippen LogP contribution is 2.31. The monoisotopic (exact) mass is 283 g/mol. The molecule has 0 aliphatic carbocycles. The van der Waals surface area contributed by atoms with Gasteiger partial charge in [0.05, 0.1) is 5.41 Å². The second kappa shape index (κ2) is 5.68. The standard InChI is InChI=1S/C13H21N3O4/c1-13(11(18)19)4-7-16(8-5-13)12(20)15-9-3-2-6-14-10(9)17/h9H,2-8H2,1H3,(H,14,17)(H,15,20)(H,18,19). The van der Waals surface area contributed by atoms with E-state index in [0.717, 1.165) is 6.42 Å². The Morgan fingerprint density at radius 1 is 1.40 bits per heavy atom. The summed E-state index contributed by atoms with van der Waals surface area (Å²) in [5, 5.41) is 14.6. The molecule has 2 fully saturated rings. The number of likely N-dealkylation sites (tertiary alicyclic amines) is 1. The molecule has 3 N–H and O–H groups in total. The first-order valence-electron chi connectivity index (χ1n) is 6.99. The maximum absolute atomic E-state index is 12.1. The van der Waals surface area contributed by atoms with Crippen molar-refractivity contribution in [3.8, 4) is 0 Å². The second-order valence-corrected chi connectivity index (χ2v) is 5.79. The van der Waals surface area contributed by atoms with Gasteiger partial charge in [-0.15, -0.1) is 0 Å². The lowest BCUT2D eigenvalue weighted by atomic mass is 9.80. The lowest BCUT2D eigenvalue weighted by molar-refractivity contribution is -0.150. The van der Waals surface area contributed by atoms with Crippen LogP contribution in [-0.2, 0) is 9.59 Å². The van der Waals surface area contributed by atoms with Crippen LogP contribution >= 0.6 is 0 Å². The third kappa shape index (κ3) is 3.02. The predicted octanol–water partition coefficient (Wildman–Crippen LogP) is 0.161. The average molecular weight is 283 g/mol. The largest absolute Gasteiger partial charge is 0.481 e. The maximum atomic E-state index is 12.1. The first-order valence-corrected chi connectivity index (χ1v) is 6.99. The number of urea groups is 1. The molecular formula is C13H21N3O4. The van der Waals surface area contributed by atoms with E-state index in [4.69, 9.17) is 5.11 Å². The van der Waals surface area contributed by atoms with Gasteiger partial charge in [0.1, 0.15) is 6.04 Å². The molecule has 0 aromatic rings. The third-order valence-electron chi connectivity index (χ3n) is 4.25. The summed E-state index contributed by atoms with van der Waals surface area (Å²) >= 11 is 0. The lowest BCUT2D eigenvalue weighted by Crippen LogP contribution is -2.55. The van der Waals surface area contributed by atoms with Gasteiger partial charge in [-0.1, -0.05) is 0 Å². The van der Waals surface area contributed by atoms with Crippen molar-refractivity contribution in [1.29, 1.82) is 0 Å². The minimum Gasteiger partial charge on any atom is -0.481 e. The molecular weight excluding hydrogens is 262 g/mol. The molecule has 2 rings (SSSR count). The Labute approximate surface area is 117 Å². The van der Waals surface area contributed by atoms with Gasteiger partial charge in [-0.2, -0.15) is 0 Å². The second-order valence-electron chi connectivity index (χ2n) is 5.79. The minimum atomic E-state index is -0.816. The van der Waals surface area contributed by atoms with Crippen molar-refractivity contribution in [3.63, 3.8) is 0 Å². The van der Waals surface area contributed by atoms with Crippen LogP contribution in [0.2, 0.25) is 0 Å². The minimum absolute atomic E-state index is 0.142. The van der Waals surface area contributed by atoms with Crippen LogP contribution in [0.25, 0.3) is 0 Å². The van der Waals surface area contributed by atoms with Crippen molar-refractivity contribution in [2.24, 2.45) is 5.41 Å². The van der Waals surface area contributed by atoms with Crippen LogP contribution in [0, 0.1) is 5.41 Å². The Hall–Kier alpha value is -1.79. The Morgan fingerprint density at radius 2 is 2.05 bits per heavy atom. The van der Waals surface area contributed by atoms with E-state index in [0.29, 0.717) is 38.9 Å². The highest BCUT2D eigenvalue weighted by atomic mass is 16.4. The molecule has 20 heavy (non-hydrogen) atoms. The smallest absolute Gasteiger partial charge is 0.318 e. The van der Waals surface area contributed by atoms with E-state index in [1.807, 2.05) is 0 Å². The van der Waals surface area contributed by atoms with E-state index in [2.05, 4.69) is 10.6 Å². The lowest BCUT2D eigenvalue weighted by Gasteiger charge is -2.37. The fourth-order valence-electron chi connectivity index (χ4n) is 2.57. The highest BCUT2D eigenvalue weighted by molar-refractivity contribution is 5.87. The van der Waals surface area contributed by atoms with Crippen molar-refractivity contribution in [2.45, 2.75) is 38.6 Å². The Morgan fingerprint density at radius 3 is 2.60 bits per heavy atom. The summed E-state index contributed by atoms with van der Waals surface area (Å²) in [6, 6.07) is -0.747. The summed E-state index contributed by atoms with van der Waals surface area (Å²) in [6.45, 7) is 3.18. The number of hydrogen-bond donors (Lipinski definition) is 3. The number of carbonyl (C=O) groups excluding carboxylic acids is 2. The number of rotatable bonds is 2. The molecule has 1 unspecified atom stereocenters. The van der Waals surface area contributed by atoms with Gasteiger partial charge in [0.15, 0.2) is 0 Å². The van der Waals surface area contributed by atoms with Gasteiger partial charge >= 0.3 is 12.0 Å². The molecule has 1 atom stereocenters. The summed E-state index contributed by atoms with van der Waals surface area (Å²) in [5.41, 5.74) is -0.751. The summed E-state index contributed by atoms with van der Waals surface area (Å²) in [5.74, 6) is -0.957. The molecule has 0 aromatic carbocycles.